The molecule has 0 saturated carbocycles. The zero-order valence-electron chi connectivity index (χ0n) is 18.7. The van der Waals surface area contributed by atoms with E-state index in [4.69, 9.17) is 19.2 Å². The van der Waals surface area contributed by atoms with E-state index in [0.717, 1.165) is 89.2 Å². The molecular weight excluding hydrogens is 495 g/mol. The Morgan fingerprint density at radius 3 is 2.63 bits per heavy atom. The quantitative estimate of drug-likeness (QED) is 0.186. The molecule has 1 fully saturated rings. The molecule has 0 amide bonds. The zero-order chi connectivity index (χ0) is 20.7. The first kappa shape index (κ1) is 26.8. The molecule has 1 aromatic carbocycles. The van der Waals surface area contributed by atoms with Crippen LogP contribution in [0, 0.1) is 0 Å². The molecule has 1 aliphatic heterocycles. The number of nitrogens with zero attached hydrogens (tertiary/aromatic N) is 2. The number of nitrogens with one attached hydrogen (secondary N) is 2. The first-order valence-corrected chi connectivity index (χ1v) is 10.9. The number of hydrogen-bond donors (Lipinski definition) is 2. The van der Waals surface area contributed by atoms with E-state index in [2.05, 4.69) is 34.6 Å². The third-order valence-corrected chi connectivity index (χ3v) is 4.81. The summed E-state index contributed by atoms with van der Waals surface area (Å²) in [6.45, 7) is 12.2. The number of hydrogen-bond acceptors (Lipinski definition) is 5. The molecule has 8 heteroatoms. The molecule has 172 valence electrons. The van der Waals surface area contributed by atoms with Gasteiger partial charge in [0.05, 0.1) is 26.9 Å². The fraction of sp³-hybridized carbons (Fsp3) is 0.682. The molecule has 1 saturated heterocycles. The summed E-state index contributed by atoms with van der Waals surface area (Å²) in [6.07, 6.45) is 3.06. The Kier molecular flexibility index (Phi) is 14.7. The first-order valence-electron chi connectivity index (χ1n) is 10.9. The van der Waals surface area contributed by atoms with Gasteiger partial charge in [-0.1, -0.05) is 6.07 Å². The van der Waals surface area contributed by atoms with Crippen LogP contribution in [0.3, 0.4) is 0 Å². The van der Waals surface area contributed by atoms with Crippen molar-refractivity contribution in [2.24, 2.45) is 4.99 Å². The number of ether oxygens (including phenoxy) is 3. The molecule has 1 aliphatic rings. The van der Waals surface area contributed by atoms with Crippen molar-refractivity contribution in [1.82, 2.24) is 15.5 Å². The number of halogens is 1. The van der Waals surface area contributed by atoms with Gasteiger partial charge in [-0.25, -0.2) is 0 Å². The van der Waals surface area contributed by atoms with Gasteiger partial charge in [-0.3, -0.25) is 9.89 Å². The monoisotopic (exact) mass is 534 g/mol. The van der Waals surface area contributed by atoms with E-state index in [1.54, 1.807) is 7.11 Å². The van der Waals surface area contributed by atoms with E-state index in [-0.39, 0.29) is 24.0 Å². The third-order valence-electron chi connectivity index (χ3n) is 4.81. The Morgan fingerprint density at radius 1 is 1.13 bits per heavy atom. The smallest absolute Gasteiger partial charge is 0.191 e. The maximum Gasteiger partial charge on any atom is 0.191 e. The highest BCUT2D eigenvalue weighted by Crippen LogP contribution is 2.28. The molecular formula is C22H39IN4O3. The summed E-state index contributed by atoms with van der Waals surface area (Å²) >= 11 is 0. The predicted octanol–water partition coefficient (Wildman–Crippen LogP) is 2.92. The summed E-state index contributed by atoms with van der Waals surface area (Å²) in [5, 5.41) is 6.77. The summed E-state index contributed by atoms with van der Waals surface area (Å²) in [7, 11) is 1.67. The van der Waals surface area contributed by atoms with E-state index < -0.39 is 0 Å². The van der Waals surface area contributed by atoms with Gasteiger partial charge in [0.15, 0.2) is 17.5 Å². The molecule has 1 heterocycles. The summed E-state index contributed by atoms with van der Waals surface area (Å²) in [4.78, 5) is 7.17. The van der Waals surface area contributed by atoms with Crippen LogP contribution in [0.5, 0.6) is 11.5 Å². The maximum atomic E-state index is 5.66. The van der Waals surface area contributed by atoms with E-state index in [1.807, 2.05) is 13.0 Å². The number of aryl methyl sites for hydroxylation is 1. The van der Waals surface area contributed by atoms with Gasteiger partial charge in [0, 0.05) is 32.7 Å². The summed E-state index contributed by atoms with van der Waals surface area (Å²) in [5.41, 5.74) is 1.24. The number of rotatable bonds is 12. The van der Waals surface area contributed by atoms with Crippen LogP contribution in [0.4, 0.5) is 0 Å². The molecule has 0 atom stereocenters. The van der Waals surface area contributed by atoms with Crippen LogP contribution < -0.4 is 20.1 Å². The van der Waals surface area contributed by atoms with Crippen LogP contribution in [0.25, 0.3) is 0 Å². The van der Waals surface area contributed by atoms with Gasteiger partial charge in [-0.2, -0.15) is 0 Å². The minimum atomic E-state index is 0. The van der Waals surface area contributed by atoms with E-state index >= 15 is 0 Å². The molecule has 0 unspecified atom stereocenters. The summed E-state index contributed by atoms with van der Waals surface area (Å²) in [6, 6.07) is 6.14. The topological polar surface area (TPSA) is 67.4 Å². The van der Waals surface area contributed by atoms with Crippen molar-refractivity contribution < 1.29 is 14.2 Å². The van der Waals surface area contributed by atoms with Crippen LogP contribution in [0.1, 0.15) is 32.3 Å². The highest BCUT2D eigenvalue weighted by molar-refractivity contribution is 14.0. The third kappa shape index (κ3) is 10.2. The van der Waals surface area contributed by atoms with Crippen LogP contribution >= 0.6 is 24.0 Å². The van der Waals surface area contributed by atoms with Gasteiger partial charge >= 0.3 is 0 Å². The van der Waals surface area contributed by atoms with Crippen molar-refractivity contribution in [3.05, 3.63) is 23.8 Å². The van der Waals surface area contributed by atoms with Crippen LogP contribution in [0.15, 0.2) is 23.2 Å². The number of aliphatic imine (C=N–C) groups is 1. The normalized spacial score (nSPS) is 14.7. The van der Waals surface area contributed by atoms with Crippen molar-refractivity contribution in [2.45, 2.75) is 33.1 Å². The average molecular weight is 534 g/mol. The Labute approximate surface area is 199 Å². The lowest BCUT2D eigenvalue weighted by atomic mass is 10.1. The van der Waals surface area contributed by atoms with Gasteiger partial charge < -0.3 is 24.8 Å². The van der Waals surface area contributed by atoms with Crippen molar-refractivity contribution in [3.8, 4) is 11.5 Å². The van der Waals surface area contributed by atoms with Gasteiger partial charge in [0.25, 0.3) is 0 Å². The van der Waals surface area contributed by atoms with E-state index in [0.29, 0.717) is 6.61 Å². The molecule has 0 aromatic heterocycles. The lowest BCUT2D eigenvalue weighted by molar-refractivity contribution is 0.0376. The van der Waals surface area contributed by atoms with Crippen molar-refractivity contribution >= 4 is 29.9 Å². The van der Waals surface area contributed by atoms with Gasteiger partial charge in [0.1, 0.15) is 0 Å². The molecule has 30 heavy (non-hydrogen) atoms. The maximum absolute atomic E-state index is 5.66. The largest absolute Gasteiger partial charge is 0.493 e. The molecule has 0 radical (unpaired) electrons. The Bertz CT molecular complexity index is 610. The van der Waals surface area contributed by atoms with Gasteiger partial charge in [-0.05, 0) is 57.4 Å². The van der Waals surface area contributed by atoms with Crippen molar-refractivity contribution in [1.29, 1.82) is 0 Å². The van der Waals surface area contributed by atoms with Crippen LogP contribution in [-0.4, -0.2) is 77.1 Å². The molecule has 0 aliphatic carbocycles. The highest BCUT2D eigenvalue weighted by atomic mass is 127. The lowest BCUT2D eigenvalue weighted by Gasteiger charge is -2.26. The van der Waals surface area contributed by atoms with Gasteiger partial charge in [-0.15, -0.1) is 24.0 Å². The zero-order valence-corrected chi connectivity index (χ0v) is 21.1. The first-order chi connectivity index (χ1) is 14.3. The number of methoxy groups -OCH3 is 1. The van der Waals surface area contributed by atoms with Gasteiger partial charge in [0.2, 0.25) is 0 Å². The molecule has 2 N–H and O–H groups in total. The number of guanidine groups is 1. The Hall–Kier alpha value is -1.26. The number of benzene rings is 1. The predicted molar refractivity (Wildman–Crippen MR) is 134 cm³/mol. The van der Waals surface area contributed by atoms with Crippen LogP contribution in [-0.2, 0) is 11.2 Å². The Morgan fingerprint density at radius 2 is 1.93 bits per heavy atom. The van der Waals surface area contributed by atoms with E-state index in [1.165, 1.54) is 5.56 Å². The fourth-order valence-electron chi connectivity index (χ4n) is 3.29. The average Bonchev–Trinajstić information content (AvgIpc) is 2.75. The highest BCUT2D eigenvalue weighted by Gasteiger charge is 2.09. The van der Waals surface area contributed by atoms with Crippen molar-refractivity contribution in [2.75, 3.05) is 66.2 Å². The minimum absolute atomic E-state index is 0. The molecule has 0 bridgehead atoms. The Balaban J connectivity index is 0.00000450. The number of morpholine rings is 1. The molecule has 0 spiro atoms. The fourth-order valence-corrected chi connectivity index (χ4v) is 3.29. The van der Waals surface area contributed by atoms with E-state index in [9.17, 15) is 0 Å². The minimum Gasteiger partial charge on any atom is -0.493 e. The van der Waals surface area contributed by atoms with Crippen molar-refractivity contribution in [3.63, 3.8) is 0 Å². The second-order valence-electron chi connectivity index (χ2n) is 7.02. The van der Waals surface area contributed by atoms with Crippen LogP contribution in [0.2, 0.25) is 0 Å². The molecule has 7 nitrogen and oxygen atoms in total. The lowest BCUT2D eigenvalue weighted by Crippen LogP contribution is -2.40. The second-order valence-corrected chi connectivity index (χ2v) is 7.02. The SMILES string of the molecule is CCNC(=NCCCc1ccc(OC)c(OCC)c1)NCCCN1CCOCC1.I. The second kappa shape index (κ2) is 16.4. The standard InChI is InChI=1S/C22H38N4O3.HI/c1-4-23-22(25-12-7-13-26-14-16-28-17-15-26)24-11-6-8-19-9-10-20(27-3)21(18-19)29-5-2;/h9-10,18H,4-8,11-17H2,1-3H3,(H2,23,24,25);1H. The molecule has 1 aromatic rings. The molecule has 2 rings (SSSR count). The summed E-state index contributed by atoms with van der Waals surface area (Å²) < 4.78 is 16.4. The summed E-state index contributed by atoms with van der Waals surface area (Å²) in [5.74, 6) is 2.50.